The van der Waals surface area contributed by atoms with Gasteiger partial charge in [0.2, 0.25) is 0 Å². The van der Waals surface area contributed by atoms with Crippen LogP contribution >= 0.6 is 0 Å². The second-order valence-corrected chi connectivity index (χ2v) is 4.61. The number of benzene rings is 2. The molecule has 0 radical (unpaired) electrons. The fraction of sp³-hybridized carbons (Fsp3) is 0.250. The molecule has 1 atom stereocenters. The van der Waals surface area contributed by atoms with E-state index in [0.29, 0.717) is 6.54 Å². The predicted molar refractivity (Wildman–Crippen MR) is 74.9 cm³/mol. The molecule has 0 aliphatic carbocycles. The van der Waals surface area contributed by atoms with Crippen molar-refractivity contribution in [2.45, 2.75) is 19.9 Å². The Kier molecular flexibility index (Phi) is 4.85. The highest BCUT2D eigenvalue weighted by Crippen LogP contribution is 2.33. The zero-order chi connectivity index (χ0) is 15.4. The smallest absolute Gasteiger partial charge is 0.165 e. The van der Waals surface area contributed by atoms with Gasteiger partial charge in [0.25, 0.3) is 0 Å². The molecule has 2 aromatic rings. The summed E-state index contributed by atoms with van der Waals surface area (Å²) in [6.45, 7) is 4.31. The number of hydrogen-bond acceptors (Lipinski definition) is 2. The minimum Gasteiger partial charge on any atom is -0.454 e. The first-order chi connectivity index (χ1) is 10.0. The normalized spacial score (nSPS) is 12.2. The Balaban J connectivity index is 2.40. The summed E-state index contributed by atoms with van der Waals surface area (Å²) >= 11 is 0. The maximum absolute atomic E-state index is 14.0. The van der Waals surface area contributed by atoms with Crippen molar-refractivity contribution in [3.63, 3.8) is 0 Å². The molecule has 0 amide bonds. The Morgan fingerprint density at radius 3 is 2.52 bits per heavy atom. The topological polar surface area (TPSA) is 21.3 Å². The van der Waals surface area contributed by atoms with E-state index in [1.54, 1.807) is 6.92 Å². The van der Waals surface area contributed by atoms with Crippen LogP contribution in [0.15, 0.2) is 36.4 Å². The molecule has 21 heavy (non-hydrogen) atoms. The van der Waals surface area contributed by atoms with Gasteiger partial charge in [-0.3, -0.25) is 0 Å². The van der Waals surface area contributed by atoms with Gasteiger partial charge in [0.15, 0.2) is 11.6 Å². The maximum Gasteiger partial charge on any atom is 0.165 e. The summed E-state index contributed by atoms with van der Waals surface area (Å²) in [6, 6.07) is 6.87. The molecule has 0 spiro atoms. The molecule has 0 aliphatic rings. The van der Waals surface area contributed by atoms with E-state index in [4.69, 9.17) is 4.74 Å². The third kappa shape index (κ3) is 3.55. The summed E-state index contributed by atoms with van der Waals surface area (Å²) in [5.41, 5.74) is 0.281. The van der Waals surface area contributed by atoms with Gasteiger partial charge in [0.05, 0.1) is 0 Å². The summed E-state index contributed by atoms with van der Waals surface area (Å²) < 4.78 is 46.2. The van der Waals surface area contributed by atoms with Crippen LogP contribution in [0.2, 0.25) is 0 Å². The Morgan fingerprint density at radius 1 is 1.05 bits per heavy atom. The van der Waals surface area contributed by atoms with Gasteiger partial charge in [-0.2, -0.15) is 0 Å². The molecule has 2 nitrogen and oxygen atoms in total. The molecule has 0 aromatic heterocycles. The standard InChI is InChI=1S/C16H16F3NO/c1-3-20-10(2)16-13(19)5-4-6-14(16)21-15-9-11(17)7-8-12(15)18/h4-10,20H,3H2,1-2H3. The molecule has 1 N–H and O–H groups in total. The fourth-order valence-corrected chi connectivity index (χ4v) is 2.11. The number of hydrogen-bond donors (Lipinski definition) is 1. The van der Waals surface area contributed by atoms with Crippen molar-refractivity contribution >= 4 is 0 Å². The van der Waals surface area contributed by atoms with Crippen molar-refractivity contribution in [3.8, 4) is 11.5 Å². The molecule has 2 rings (SSSR count). The van der Waals surface area contributed by atoms with Crippen LogP contribution in [0, 0.1) is 17.5 Å². The Morgan fingerprint density at radius 2 is 1.81 bits per heavy atom. The molecular weight excluding hydrogens is 279 g/mol. The largest absolute Gasteiger partial charge is 0.454 e. The first-order valence-corrected chi connectivity index (χ1v) is 6.67. The lowest BCUT2D eigenvalue weighted by Gasteiger charge is -2.18. The van der Waals surface area contributed by atoms with Crippen LogP contribution in [0.5, 0.6) is 11.5 Å². The van der Waals surface area contributed by atoms with Crippen LogP contribution in [0.1, 0.15) is 25.5 Å². The van der Waals surface area contributed by atoms with Crippen LogP contribution in [0.4, 0.5) is 13.2 Å². The van der Waals surface area contributed by atoms with Gasteiger partial charge in [0, 0.05) is 17.7 Å². The van der Waals surface area contributed by atoms with Gasteiger partial charge in [-0.1, -0.05) is 13.0 Å². The number of nitrogens with one attached hydrogen (secondary N) is 1. The van der Waals surface area contributed by atoms with Gasteiger partial charge >= 0.3 is 0 Å². The van der Waals surface area contributed by atoms with Crippen LogP contribution in [0.25, 0.3) is 0 Å². The predicted octanol–water partition coefficient (Wildman–Crippen LogP) is 4.57. The molecule has 1 unspecified atom stereocenters. The molecule has 0 bridgehead atoms. The second kappa shape index (κ2) is 6.63. The minimum atomic E-state index is -0.706. The van der Waals surface area contributed by atoms with Gasteiger partial charge in [-0.25, -0.2) is 13.2 Å². The first-order valence-electron chi connectivity index (χ1n) is 6.67. The van der Waals surface area contributed by atoms with Gasteiger partial charge in [-0.05, 0) is 37.7 Å². The quantitative estimate of drug-likeness (QED) is 0.872. The van der Waals surface area contributed by atoms with E-state index in [-0.39, 0.29) is 23.1 Å². The lowest BCUT2D eigenvalue weighted by atomic mass is 10.1. The Labute approximate surface area is 121 Å². The summed E-state index contributed by atoms with van der Waals surface area (Å²) in [7, 11) is 0. The van der Waals surface area contributed by atoms with E-state index in [0.717, 1.165) is 18.2 Å². The third-order valence-corrected chi connectivity index (χ3v) is 3.07. The summed E-state index contributed by atoms with van der Waals surface area (Å²) in [4.78, 5) is 0. The molecule has 0 fully saturated rings. The second-order valence-electron chi connectivity index (χ2n) is 4.61. The first kappa shape index (κ1) is 15.4. The van der Waals surface area contributed by atoms with Crippen LogP contribution in [-0.2, 0) is 0 Å². The number of rotatable bonds is 5. The highest BCUT2D eigenvalue weighted by Gasteiger charge is 2.18. The number of halogens is 3. The van der Waals surface area contributed by atoms with Crippen molar-refractivity contribution in [2.75, 3.05) is 6.54 Å². The zero-order valence-electron chi connectivity index (χ0n) is 11.8. The van der Waals surface area contributed by atoms with Crippen molar-refractivity contribution in [3.05, 3.63) is 59.4 Å². The van der Waals surface area contributed by atoms with Crippen molar-refractivity contribution in [1.82, 2.24) is 5.32 Å². The fourth-order valence-electron chi connectivity index (χ4n) is 2.11. The van der Waals surface area contributed by atoms with E-state index < -0.39 is 17.5 Å². The number of ether oxygens (including phenoxy) is 1. The van der Waals surface area contributed by atoms with E-state index in [2.05, 4.69) is 5.32 Å². The zero-order valence-corrected chi connectivity index (χ0v) is 11.8. The van der Waals surface area contributed by atoms with Crippen LogP contribution < -0.4 is 10.1 Å². The SMILES string of the molecule is CCNC(C)c1c(F)cccc1Oc1cc(F)ccc1F. The van der Waals surface area contributed by atoms with Gasteiger partial charge < -0.3 is 10.1 Å². The third-order valence-electron chi connectivity index (χ3n) is 3.07. The van der Waals surface area contributed by atoms with E-state index in [1.165, 1.54) is 18.2 Å². The Hall–Kier alpha value is -2.01. The van der Waals surface area contributed by atoms with Crippen molar-refractivity contribution in [2.24, 2.45) is 0 Å². The molecule has 0 saturated carbocycles. The molecular formula is C16H16F3NO. The molecule has 112 valence electrons. The molecule has 0 saturated heterocycles. The van der Waals surface area contributed by atoms with Crippen LogP contribution in [0.3, 0.4) is 0 Å². The van der Waals surface area contributed by atoms with Crippen molar-refractivity contribution in [1.29, 1.82) is 0 Å². The average molecular weight is 295 g/mol. The average Bonchev–Trinajstić information content (AvgIpc) is 2.43. The summed E-state index contributed by atoms with van der Waals surface area (Å²) in [6.07, 6.45) is 0. The van der Waals surface area contributed by atoms with Gasteiger partial charge in [-0.15, -0.1) is 0 Å². The summed E-state index contributed by atoms with van der Waals surface area (Å²) in [5.74, 6) is -1.90. The van der Waals surface area contributed by atoms with Crippen molar-refractivity contribution < 1.29 is 17.9 Å². The molecule has 5 heteroatoms. The lowest BCUT2D eigenvalue weighted by molar-refractivity contribution is 0.417. The molecule has 0 heterocycles. The van der Waals surface area contributed by atoms with Gasteiger partial charge in [0.1, 0.15) is 17.4 Å². The van der Waals surface area contributed by atoms with E-state index >= 15 is 0 Å². The monoisotopic (exact) mass is 295 g/mol. The molecule has 0 aliphatic heterocycles. The Bertz CT molecular complexity index is 631. The van der Waals surface area contributed by atoms with E-state index in [1.807, 2.05) is 6.92 Å². The molecule has 2 aromatic carbocycles. The highest BCUT2D eigenvalue weighted by molar-refractivity contribution is 5.41. The van der Waals surface area contributed by atoms with Crippen LogP contribution in [-0.4, -0.2) is 6.54 Å². The lowest BCUT2D eigenvalue weighted by Crippen LogP contribution is -2.19. The minimum absolute atomic E-state index is 0.160. The maximum atomic E-state index is 14.0. The summed E-state index contributed by atoms with van der Waals surface area (Å²) in [5, 5.41) is 3.07. The van der Waals surface area contributed by atoms with E-state index in [9.17, 15) is 13.2 Å². The highest BCUT2D eigenvalue weighted by atomic mass is 19.1.